The zero-order chi connectivity index (χ0) is 14.1. The van der Waals surface area contributed by atoms with Crippen LogP contribution in [0.5, 0.6) is 0 Å². The van der Waals surface area contributed by atoms with Crippen molar-refractivity contribution in [3.8, 4) is 0 Å². The molecule has 2 aromatic rings. The van der Waals surface area contributed by atoms with Crippen molar-refractivity contribution in [1.29, 1.82) is 0 Å². The molecular weight excluding hydrogens is 250 g/mol. The number of hydrogen-bond donors (Lipinski definition) is 1. The number of fused-ring (bicyclic) bond motifs is 1. The highest BCUT2D eigenvalue weighted by Crippen LogP contribution is 2.28. The summed E-state index contributed by atoms with van der Waals surface area (Å²) in [5, 5.41) is 3.01. The Bertz CT molecular complexity index is 626. The molecule has 106 valence electrons. The number of aromatic nitrogens is 2. The molecule has 1 saturated carbocycles. The Kier molecular flexibility index (Phi) is 3.47. The molecule has 4 heteroatoms. The molecule has 0 unspecified atom stereocenters. The molecule has 1 aliphatic carbocycles. The van der Waals surface area contributed by atoms with Gasteiger partial charge >= 0.3 is 0 Å². The molecule has 0 aliphatic heterocycles. The first-order valence-corrected chi connectivity index (χ1v) is 7.37. The van der Waals surface area contributed by atoms with Crippen LogP contribution >= 0.6 is 0 Å². The standard InChI is InChI=1S/C16H21N3O/c1-11(2)10-19-14-6-4-3-5-13(14)18-15(19)9-17-16(20)12-7-8-12/h3-6,11-12H,7-10H2,1-2H3,(H,17,20). The van der Waals surface area contributed by atoms with Gasteiger partial charge in [0, 0.05) is 12.5 Å². The van der Waals surface area contributed by atoms with Gasteiger partial charge in [-0.05, 0) is 30.9 Å². The molecule has 3 rings (SSSR count). The molecule has 1 fully saturated rings. The van der Waals surface area contributed by atoms with Crippen molar-refractivity contribution in [3.05, 3.63) is 30.1 Å². The van der Waals surface area contributed by atoms with Crippen LogP contribution in [0.15, 0.2) is 24.3 Å². The summed E-state index contributed by atoms with van der Waals surface area (Å²) < 4.78 is 2.23. The normalized spacial score (nSPS) is 14.9. The van der Waals surface area contributed by atoms with E-state index >= 15 is 0 Å². The van der Waals surface area contributed by atoms with Crippen LogP contribution in [0, 0.1) is 11.8 Å². The van der Waals surface area contributed by atoms with E-state index < -0.39 is 0 Å². The van der Waals surface area contributed by atoms with Gasteiger partial charge in [-0.15, -0.1) is 0 Å². The summed E-state index contributed by atoms with van der Waals surface area (Å²) in [5.74, 6) is 1.92. The topological polar surface area (TPSA) is 46.9 Å². The minimum absolute atomic E-state index is 0.174. The molecule has 0 saturated heterocycles. The zero-order valence-corrected chi connectivity index (χ0v) is 12.1. The van der Waals surface area contributed by atoms with Gasteiger partial charge in [0.2, 0.25) is 5.91 Å². The zero-order valence-electron chi connectivity index (χ0n) is 12.1. The minimum atomic E-state index is 0.174. The van der Waals surface area contributed by atoms with E-state index in [0.717, 1.165) is 36.2 Å². The summed E-state index contributed by atoms with van der Waals surface area (Å²) in [6, 6.07) is 8.16. The maximum atomic E-state index is 11.8. The predicted molar refractivity (Wildman–Crippen MR) is 79.1 cm³/mol. The third kappa shape index (κ3) is 2.69. The maximum Gasteiger partial charge on any atom is 0.223 e. The molecule has 1 amide bonds. The number of carbonyl (C=O) groups excluding carboxylic acids is 1. The number of nitrogens with one attached hydrogen (secondary N) is 1. The molecule has 4 nitrogen and oxygen atoms in total. The third-order valence-electron chi connectivity index (χ3n) is 3.65. The maximum absolute atomic E-state index is 11.8. The molecule has 0 spiro atoms. The summed E-state index contributed by atoms with van der Waals surface area (Å²) in [4.78, 5) is 16.4. The summed E-state index contributed by atoms with van der Waals surface area (Å²) in [6.45, 7) is 5.84. The quantitative estimate of drug-likeness (QED) is 0.909. The lowest BCUT2D eigenvalue weighted by atomic mass is 10.2. The fourth-order valence-corrected chi connectivity index (χ4v) is 2.49. The van der Waals surface area contributed by atoms with Crippen LogP contribution in [-0.4, -0.2) is 15.5 Å². The molecule has 1 aliphatic rings. The summed E-state index contributed by atoms with van der Waals surface area (Å²) in [5.41, 5.74) is 2.15. The second-order valence-electron chi connectivity index (χ2n) is 6.01. The van der Waals surface area contributed by atoms with E-state index in [1.807, 2.05) is 18.2 Å². The van der Waals surface area contributed by atoms with Crippen LogP contribution in [0.4, 0.5) is 0 Å². The van der Waals surface area contributed by atoms with Gasteiger partial charge in [-0.3, -0.25) is 4.79 Å². The van der Waals surface area contributed by atoms with Gasteiger partial charge in [-0.1, -0.05) is 26.0 Å². The fraction of sp³-hybridized carbons (Fsp3) is 0.500. The van der Waals surface area contributed by atoms with Gasteiger partial charge in [0.15, 0.2) is 0 Å². The number of nitrogens with zero attached hydrogens (tertiary/aromatic N) is 2. The number of imidazole rings is 1. The first kappa shape index (κ1) is 13.2. The highest BCUT2D eigenvalue weighted by atomic mass is 16.2. The van der Waals surface area contributed by atoms with Gasteiger partial charge < -0.3 is 9.88 Å². The minimum Gasteiger partial charge on any atom is -0.349 e. The molecule has 20 heavy (non-hydrogen) atoms. The number of para-hydroxylation sites is 2. The summed E-state index contributed by atoms with van der Waals surface area (Å²) in [6.07, 6.45) is 2.07. The molecule has 1 aromatic carbocycles. The largest absolute Gasteiger partial charge is 0.349 e. The third-order valence-corrected chi connectivity index (χ3v) is 3.65. The van der Waals surface area contributed by atoms with Crippen LogP contribution in [0.2, 0.25) is 0 Å². The Labute approximate surface area is 119 Å². The first-order valence-electron chi connectivity index (χ1n) is 7.37. The molecule has 0 atom stereocenters. The van der Waals surface area contributed by atoms with Crippen molar-refractivity contribution in [2.75, 3.05) is 0 Å². The fourth-order valence-electron chi connectivity index (χ4n) is 2.49. The van der Waals surface area contributed by atoms with Gasteiger partial charge in [0.1, 0.15) is 5.82 Å². The second-order valence-corrected chi connectivity index (χ2v) is 6.01. The van der Waals surface area contributed by atoms with Crippen molar-refractivity contribution < 1.29 is 4.79 Å². The van der Waals surface area contributed by atoms with Crippen molar-refractivity contribution in [1.82, 2.24) is 14.9 Å². The average molecular weight is 271 g/mol. The summed E-state index contributed by atoms with van der Waals surface area (Å²) in [7, 11) is 0. The Morgan fingerprint density at radius 2 is 2.15 bits per heavy atom. The molecular formula is C16H21N3O. The first-order chi connectivity index (χ1) is 9.65. The van der Waals surface area contributed by atoms with E-state index in [0.29, 0.717) is 12.5 Å². The SMILES string of the molecule is CC(C)Cn1c(CNC(=O)C2CC2)nc2ccccc21. The monoisotopic (exact) mass is 271 g/mol. The van der Waals surface area contributed by atoms with Crippen molar-refractivity contribution in [2.45, 2.75) is 39.8 Å². The van der Waals surface area contributed by atoms with E-state index in [2.05, 4.69) is 34.8 Å². The lowest BCUT2D eigenvalue weighted by Gasteiger charge is -2.12. The van der Waals surface area contributed by atoms with Gasteiger partial charge in [0.05, 0.1) is 17.6 Å². The Morgan fingerprint density at radius 1 is 1.40 bits per heavy atom. The molecule has 0 bridgehead atoms. The van der Waals surface area contributed by atoms with Crippen LogP contribution in [0.1, 0.15) is 32.5 Å². The highest BCUT2D eigenvalue weighted by Gasteiger charge is 2.29. The van der Waals surface area contributed by atoms with E-state index in [9.17, 15) is 4.79 Å². The van der Waals surface area contributed by atoms with E-state index in [-0.39, 0.29) is 11.8 Å². The van der Waals surface area contributed by atoms with Crippen LogP contribution in [0.25, 0.3) is 11.0 Å². The Balaban J connectivity index is 1.85. The van der Waals surface area contributed by atoms with E-state index in [1.54, 1.807) is 0 Å². The predicted octanol–water partition coefficient (Wildman–Crippen LogP) is 2.72. The number of hydrogen-bond acceptors (Lipinski definition) is 2. The number of amides is 1. The van der Waals surface area contributed by atoms with Crippen molar-refractivity contribution in [2.24, 2.45) is 11.8 Å². The van der Waals surface area contributed by atoms with Gasteiger partial charge in [0.25, 0.3) is 0 Å². The number of rotatable bonds is 5. The average Bonchev–Trinajstić information content (AvgIpc) is 3.21. The van der Waals surface area contributed by atoms with E-state index in [4.69, 9.17) is 0 Å². The van der Waals surface area contributed by atoms with Crippen LogP contribution in [0.3, 0.4) is 0 Å². The summed E-state index contributed by atoms with van der Waals surface area (Å²) >= 11 is 0. The molecule has 0 radical (unpaired) electrons. The van der Waals surface area contributed by atoms with E-state index in [1.165, 1.54) is 0 Å². The molecule has 1 aromatic heterocycles. The molecule has 1 N–H and O–H groups in total. The highest BCUT2D eigenvalue weighted by molar-refractivity contribution is 5.81. The lowest BCUT2D eigenvalue weighted by Crippen LogP contribution is -2.26. The second kappa shape index (κ2) is 5.27. The van der Waals surface area contributed by atoms with Crippen LogP contribution < -0.4 is 5.32 Å². The Morgan fingerprint density at radius 3 is 2.85 bits per heavy atom. The van der Waals surface area contributed by atoms with Gasteiger partial charge in [-0.25, -0.2) is 4.98 Å². The van der Waals surface area contributed by atoms with Gasteiger partial charge in [-0.2, -0.15) is 0 Å². The van der Waals surface area contributed by atoms with Crippen LogP contribution in [-0.2, 0) is 17.9 Å². The number of carbonyl (C=O) groups is 1. The molecule has 1 heterocycles. The van der Waals surface area contributed by atoms with Crippen molar-refractivity contribution in [3.63, 3.8) is 0 Å². The smallest absolute Gasteiger partial charge is 0.223 e. The number of benzene rings is 1. The van der Waals surface area contributed by atoms with Crippen molar-refractivity contribution >= 4 is 16.9 Å². The Hall–Kier alpha value is -1.84. The lowest BCUT2D eigenvalue weighted by molar-refractivity contribution is -0.122.